The lowest BCUT2D eigenvalue weighted by Crippen LogP contribution is -2.21. The zero-order chi connectivity index (χ0) is 14.4. The number of hydrogen-bond donors (Lipinski definition) is 1. The molecular formula is C17H19NOS. The van der Waals surface area contributed by atoms with Crippen LogP contribution in [0.2, 0.25) is 0 Å². The van der Waals surface area contributed by atoms with Crippen molar-refractivity contribution in [3.8, 4) is 5.75 Å². The second-order valence-corrected chi connectivity index (χ2v) is 4.99. The molecule has 0 aromatic heterocycles. The molecule has 0 radical (unpaired) electrons. The summed E-state index contributed by atoms with van der Waals surface area (Å²) in [4.78, 5) is 0.781. The maximum absolute atomic E-state index is 5.41. The van der Waals surface area contributed by atoms with Gasteiger partial charge in [0.25, 0.3) is 0 Å². The van der Waals surface area contributed by atoms with Crippen LogP contribution in [0.4, 0.5) is 0 Å². The van der Waals surface area contributed by atoms with Crippen molar-refractivity contribution in [3.05, 3.63) is 65.2 Å². The van der Waals surface area contributed by atoms with Crippen LogP contribution in [0.1, 0.15) is 23.6 Å². The van der Waals surface area contributed by atoms with E-state index in [9.17, 15) is 0 Å². The molecule has 0 bridgehead atoms. The summed E-state index contributed by atoms with van der Waals surface area (Å²) in [6.45, 7) is 2.87. The highest BCUT2D eigenvalue weighted by molar-refractivity contribution is 7.80. The number of rotatable bonds is 5. The molecule has 0 heterocycles. The van der Waals surface area contributed by atoms with Gasteiger partial charge in [0, 0.05) is 12.1 Å². The van der Waals surface area contributed by atoms with Crippen molar-refractivity contribution in [1.82, 2.24) is 5.32 Å². The van der Waals surface area contributed by atoms with E-state index in [0.717, 1.165) is 29.3 Å². The zero-order valence-corrected chi connectivity index (χ0v) is 12.7. The van der Waals surface area contributed by atoms with Crippen molar-refractivity contribution in [2.24, 2.45) is 0 Å². The van der Waals surface area contributed by atoms with Crippen molar-refractivity contribution in [1.29, 1.82) is 0 Å². The summed E-state index contributed by atoms with van der Waals surface area (Å²) in [5.74, 6) is 0.867. The van der Waals surface area contributed by atoms with Gasteiger partial charge >= 0.3 is 0 Å². The number of nitrogens with one attached hydrogen (secondary N) is 1. The molecule has 2 aromatic carbocycles. The fraction of sp³-hybridized carbons (Fsp3) is 0.235. The lowest BCUT2D eigenvalue weighted by atomic mass is 10.1. The molecule has 20 heavy (non-hydrogen) atoms. The molecule has 0 aliphatic carbocycles. The highest BCUT2D eigenvalue weighted by Gasteiger charge is 2.01. The van der Waals surface area contributed by atoms with E-state index in [0.29, 0.717) is 0 Å². The van der Waals surface area contributed by atoms with Gasteiger partial charge in [0.05, 0.1) is 7.11 Å². The molecule has 2 rings (SSSR count). The van der Waals surface area contributed by atoms with Crippen molar-refractivity contribution < 1.29 is 4.74 Å². The fourth-order valence-electron chi connectivity index (χ4n) is 1.92. The van der Waals surface area contributed by atoms with Crippen LogP contribution in [0, 0.1) is 0 Å². The lowest BCUT2D eigenvalue weighted by Gasteiger charge is -2.09. The summed E-state index contributed by atoms with van der Waals surface area (Å²) in [5.41, 5.74) is 3.57. The molecular weight excluding hydrogens is 266 g/mol. The van der Waals surface area contributed by atoms with Gasteiger partial charge in [-0.15, -0.1) is 0 Å². The minimum atomic E-state index is 0.721. The van der Waals surface area contributed by atoms with Gasteiger partial charge in [-0.05, 0) is 29.7 Å². The Kier molecular flexibility index (Phi) is 5.13. The molecule has 1 N–H and O–H groups in total. The fourth-order valence-corrected chi connectivity index (χ4v) is 2.13. The van der Waals surface area contributed by atoms with Gasteiger partial charge in [0.1, 0.15) is 10.7 Å². The Balaban J connectivity index is 1.93. The Morgan fingerprint density at radius 3 is 2.15 bits per heavy atom. The van der Waals surface area contributed by atoms with Crippen molar-refractivity contribution >= 4 is 17.2 Å². The van der Waals surface area contributed by atoms with E-state index < -0.39 is 0 Å². The Morgan fingerprint density at radius 2 is 1.60 bits per heavy atom. The van der Waals surface area contributed by atoms with Crippen LogP contribution >= 0.6 is 12.2 Å². The Morgan fingerprint density at radius 1 is 1.00 bits per heavy atom. The van der Waals surface area contributed by atoms with E-state index in [1.54, 1.807) is 7.11 Å². The summed E-state index contributed by atoms with van der Waals surface area (Å²) < 4.78 is 5.14. The van der Waals surface area contributed by atoms with Crippen LogP contribution < -0.4 is 10.1 Å². The van der Waals surface area contributed by atoms with Gasteiger partial charge in [0.2, 0.25) is 0 Å². The van der Waals surface area contributed by atoms with Gasteiger partial charge in [-0.1, -0.05) is 55.5 Å². The SMILES string of the molecule is CCc1ccc(C(=S)NCc2ccc(OC)cc2)cc1. The van der Waals surface area contributed by atoms with Crippen molar-refractivity contribution in [3.63, 3.8) is 0 Å². The van der Waals surface area contributed by atoms with Gasteiger partial charge in [-0.2, -0.15) is 0 Å². The molecule has 0 aliphatic rings. The molecule has 2 aromatic rings. The number of thiocarbonyl (C=S) groups is 1. The predicted molar refractivity (Wildman–Crippen MR) is 87.4 cm³/mol. The van der Waals surface area contributed by atoms with E-state index in [1.165, 1.54) is 11.1 Å². The summed E-state index contributed by atoms with van der Waals surface area (Å²) in [6, 6.07) is 16.4. The number of ether oxygens (including phenoxy) is 1. The third-order valence-electron chi connectivity index (χ3n) is 3.24. The van der Waals surface area contributed by atoms with Gasteiger partial charge in [0.15, 0.2) is 0 Å². The molecule has 0 saturated carbocycles. The van der Waals surface area contributed by atoms with Gasteiger partial charge in [-0.25, -0.2) is 0 Å². The van der Waals surface area contributed by atoms with Crippen LogP contribution in [0.25, 0.3) is 0 Å². The summed E-state index contributed by atoms with van der Waals surface area (Å²) in [7, 11) is 1.67. The van der Waals surface area contributed by atoms with E-state index >= 15 is 0 Å². The normalized spacial score (nSPS) is 10.1. The molecule has 3 heteroatoms. The molecule has 0 spiro atoms. The maximum Gasteiger partial charge on any atom is 0.118 e. The second kappa shape index (κ2) is 7.06. The molecule has 0 atom stereocenters. The summed E-state index contributed by atoms with van der Waals surface area (Å²) >= 11 is 5.41. The maximum atomic E-state index is 5.41. The van der Waals surface area contributed by atoms with Crippen LogP contribution in [0.15, 0.2) is 48.5 Å². The van der Waals surface area contributed by atoms with E-state index in [2.05, 4.69) is 36.5 Å². The molecule has 0 fully saturated rings. The van der Waals surface area contributed by atoms with Gasteiger partial charge < -0.3 is 10.1 Å². The Hall–Kier alpha value is -1.87. The second-order valence-electron chi connectivity index (χ2n) is 4.58. The topological polar surface area (TPSA) is 21.3 Å². The third kappa shape index (κ3) is 3.81. The van der Waals surface area contributed by atoms with Crippen LogP contribution in [0.3, 0.4) is 0 Å². The molecule has 2 nitrogen and oxygen atoms in total. The zero-order valence-electron chi connectivity index (χ0n) is 11.8. The van der Waals surface area contributed by atoms with Crippen LogP contribution in [-0.2, 0) is 13.0 Å². The standard InChI is InChI=1S/C17H19NOS/c1-3-13-4-8-15(9-5-13)17(20)18-12-14-6-10-16(19-2)11-7-14/h4-11H,3,12H2,1-2H3,(H,18,20). The highest BCUT2D eigenvalue weighted by Crippen LogP contribution is 2.11. The van der Waals surface area contributed by atoms with E-state index in [1.807, 2.05) is 24.3 Å². The summed E-state index contributed by atoms with van der Waals surface area (Å²) in [5, 5.41) is 3.28. The molecule has 0 unspecified atom stereocenters. The first-order valence-corrected chi connectivity index (χ1v) is 7.14. The number of aryl methyl sites for hydroxylation is 1. The predicted octanol–water partition coefficient (Wildman–Crippen LogP) is 3.72. The molecule has 0 aliphatic heterocycles. The van der Waals surface area contributed by atoms with Gasteiger partial charge in [-0.3, -0.25) is 0 Å². The first-order chi connectivity index (χ1) is 9.72. The molecule has 0 saturated heterocycles. The number of hydrogen-bond acceptors (Lipinski definition) is 2. The van der Waals surface area contributed by atoms with Crippen LogP contribution in [-0.4, -0.2) is 12.1 Å². The largest absolute Gasteiger partial charge is 0.497 e. The lowest BCUT2D eigenvalue weighted by molar-refractivity contribution is 0.414. The van der Waals surface area contributed by atoms with E-state index in [-0.39, 0.29) is 0 Å². The Bertz CT molecular complexity index is 561. The monoisotopic (exact) mass is 285 g/mol. The van der Waals surface area contributed by atoms with E-state index in [4.69, 9.17) is 17.0 Å². The number of benzene rings is 2. The first kappa shape index (κ1) is 14.5. The average Bonchev–Trinajstić information content (AvgIpc) is 2.53. The highest BCUT2D eigenvalue weighted by atomic mass is 32.1. The summed E-state index contributed by atoms with van der Waals surface area (Å²) in [6.07, 6.45) is 1.05. The Labute approximate surface area is 125 Å². The minimum Gasteiger partial charge on any atom is -0.497 e. The first-order valence-electron chi connectivity index (χ1n) is 6.73. The smallest absolute Gasteiger partial charge is 0.118 e. The quantitative estimate of drug-likeness (QED) is 0.846. The molecule has 104 valence electrons. The third-order valence-corrected chi connectivity index (χ3v) is 3.62. The molecule has 0 amide bonds. The minimum absolute atomic E-state index is 0.721. The van der Waals surface area contributed by atoms with Crippen molar-refractivity contribution in [2.45, 2.75) is 19.9 Å². The van der Waals surface area contributed by atoms with Crippen molar-refractivity contribution in [2.75, 3.05) is 7.11 Å². The average molecular weight is 285 g/mol. The van der Waals surface area contributed by atoms with Crippen LogP contribution in [0.5, 0.6) is 5.75 Å². The number of methoxy groups -OCH3 is 1.